The SMILES string of the molecule is CC(C)(C)OC(=O)N1CC(=O)N(c2cccc(Cl)c2)C[C@@H]1CC=O. The Kier molecular flexibility index (Phi) is 5.49. The molecule has 1 fully saturated rings. The molecular weight excluding hydrogens is 332 g/mol. The highest BCUT2D eigenvalue weighted by atomic mass is 35.5. The molecule has 0 saturated carbocycles. The standard InChI is InChI=1S/C17H21ClN2O4/c1-17(2,3)24-16(23)20-11-15(22)19(10-14(20)7-8-21)13-6-4-5-12(18)9-13/h4-6,8-9,14H,7,10-11H2,1-3H3/t14-/m0/s1. The summed E-state index contributed by atoms with van der Waals surface area (Å²) in [5.41, 5.74) is -0.0251. The van der Waals surface area contributed by atoms with E-state index in [1.165, 1.54) is 4.90 Å². The Hall–Kier alpha value is -2.08. The van der Waals surface area contributed by atoms with Gasteiger partial charge in [-0.2, -0.15) is 0 Å². The topological polar surface area (TPSA) is 66.9 Å². The van der Waals surface area contributed by atoms with Gasteiger partial charge in [-0.3, -0.25) is 9.69 Å². The van der Waals surface area contributed by atoms with Crippen LogP contribution in [0.15, 0.2) is 24.3 Å². The van der Waals surface area contributed by atoms with Crippen molar-refractivity contribution in [2.45, 2.75) is 38.8 Å². The van der Waals surface area contributed by atoms with Crippen LogP contribution in [0, 0.1) is 0 Å². The van der Waals surface area contributed by atoms with E-state index >= 15 is 0 Å². The fraction of sp³-hybridized carbons (Fsp3) is 0.471. The van der Waals surface area contributed by atoms with E-state index < -0.39 is 17.7 Å². The van der Waals surface area contributed by atoms with Crippen molar-refractivity contribution in [1.29, 1.82) is 0 Å². The summed E-state index contributed by atoms with van der Waals surface area (Å²) in [5, 5.41) is 0.516. The Balaban J connectivity index is 2.22. The quantitative estimate of drug-likeness (QED) is 0.784. The van der Waals surface area contributed by atoms with Crippen LogP contribution in [0.2, 0.25) is 5.02 Å². The van der Waals surface area contributed by atoms with Gasteiger partial charge in [-0.25, -0.2) is 4.79 Å². The second-order valence-corrected chi connectivity index (χ2v) is 7.09. The van der Waals surface area contributed by atoms with Gasteiger partial charge in [0.2, 0.25) is 5.91 Å². The number of anilines is 1. The number of aldehydes is 1. The summed E-state index contributed by atoms with van der Waals surface area (Å²) in [6.07, 6.45) is 0.283. The summed E-state index contributed by atoms with van der Waals surface area (Å²) in [4.78, 5) is 38.7. The molecule has 2 amide bonds. The highest BCUT2D eigenvalue weighted by Gasteiger charge is 2.37. The number of piperazine rings is 1. The smallest absolute Gasteiger partial charge is 0.411 e. The minimum Gasteiger partial charge on any atom is -0.444 e. The van der Waals surface area contributed by atoms with E-state index in [0.29, 0.717) is 10.7 Å². The van der Waals surface area contributed by atoms with E-state index in [9.17, 15) is 14.4 Å². The summed E-state index contributed by atoms with van der Waals surface area (Å²) in [5.74, 6) is -0.245. The van der Waals surface area contributed by atoms with Crippen molar-refractivity contribution in [2.75, 3.05) is 18.0 Å². The highest BCUT2D eigenvalue weighted by Crippen LogP contribution is 2.25. The molecule has 0 bridgehead atoms. The molecule has 1 aromatic rings. The summed E-state index contributed by atoms with van der Waals surface area (Å²) >= 11 is 5.98. The molecule has 0 aromatic heterocycles. The lowest BCUT2D eigenvalue weighted by Gasteiger charge is -2.40. The van der Waals surface area contributed by atoms with Gasteiger partial charge >= 0.3 is 6.09 Å². The first kappa shape index (κ1) is 18.3. The normalized spacial score (nSPS) is 18.5. The number of hydrogen-bond acceptors (Lipinski definition) is 4. The molecule has 1 saturated heterocycles. The lowest BCUT2D eigenvalue weighted by Crippen LogP contribution is -2.59. The number of rotatable bonds is 3. The maximum atomic E-state index is 12.5. The van der Waals surface area contributed by atoms with Gasteiger partial charge in [0.25, 0.3) is 0 Å². The maximum Gasteiger partial charge on any atom is 0.411 e. The van der Waals surface area contributed by atoms with Gasteiger partial charge in [-0.15, -0.1) is 0 Å². The number of carbonyl (C=O) groups is 3. The van der Waals surface area contributed by atoms with Crippen LogP contribution in [-0.4, -0.2) is 47.9 Å². The zero-order valence-electron chi connectivity index (χ0n) is 14.0. The molecule has 7 heteroatoms. The van der Waals surface area contributed by atoms with Crippen molar-refractivity contribution in [3.63, 3.8) is 0 Å². The number of amides is 2. The molecule has 0 unspecified atom stereocenters. The van der Waals surface area contributed by atoms with E-state index in [1.54, 1.807) is 49.9 Å². The average Bonchev–Trinajstić information content (AvgIpc) is 2.47. The number of carbonyl (C=O) groups excluding carboxylic acids is 3. The average molecular weight is 353 g/mol. The molecule has 130 valence electrons. The molecule has 0 spiro atoms. The summed E-state index contributed by atoms with van der Waals surface area (Å²) in [7, 11) is 0. The Labute approximate surface area is 146 Å². The van der Waals surface area contributed by atoms with E-state index in [-0.39, 0.29) is 25.4 Å². The molecule has 1 aliphatic rings. The largest absolute Gasteiger partial charge is 0.444 e. The minimum absolute atomic E-state index is 0.129. The number of ether oxygens (including phenoxy) is 1. The Morgan fingerprint density at radius 1 is 1.42 bits per heavy atom. The molecule has 0 aliphatic carbocycles. The Morgan fingerprint density at radius 2 is 2.12 bits per heavy atom. The van der Waals surface area contributed by atoms with E-state index in [4.69, 9.17) is 16.3 Å². The molecular formula is C17H21ClN2O4. The van der Waals surface area contributed by atoms with Crippen molar-refractivity contribution in [1.82, 2.24) is 4.90 Å². The van der Waals surface area contributed by atoms with Gasteiger partial charge in [0.05, 0.1) is 6.04 Å². The third-order valence-corrected chi connectivity index (χ3v) is 3.79. The van der Waals surface area contributed by atoms with E-state index in [0.717, 1.165) is 6.29 Å². The molecule has 2 rings (SSSR count). The Morgan fingerprint density at radius 3 is 2.71 bits per heavy atom. The highest BCUT2D eigenvalue weighted by molar-refractivity contribution is 6.30. The van der Waals surface area contributed by atoms with Crippen LogP contribution in [0.5, 0.6) is 0 Å². The molecule has 0 N–H and O–H groups in total. The zero-order valence-corrected chi connectivity index (χ0v) is 14.7. The third kappa shape index (κ3) is 4.47. The molecule has 6 nitrogen and oxygen atoms in total. The van der Waals surface area contributed by atoms with Crippen molar-refractivity contribution in [2.24, 2.45) is 0 Å². The van der Waals surface area contributed by atoms with Crippen LogP contribution in [-0.2, 0) is 14.3 Å². The van der Waals surface area contributed by atoms with Crippen molar-refractivity contribution >= 4 is 35.6 Å². The van der Waals surface area contributed by atoms with Gasteiger partial charge in [0.1, 0.15) is 18.4 Å². The van der Waals surface area contributed by atoms with Crippen LogP contribution in [0.3, 0.4) is 0 Å². The van der Waals surface area contributed by atoms with E-state index in [2.05, 4.69) is 0 Å². The van der Waals surface area contributed by atoms with Crippen LogP contribution in [0.4, 0.5) is 10.5 Å². The van der Waals surface area contributed by atoms with E-state index in [1.807, 2.05) is 0 Å². The van der Waals surface area contributed by atoms with Gasteiger partial charge in [-0.05, 0) is 39.0 Å². The predicted molar refractivity (Wildman–Crippen MR) is 91.2 cm³/mol. The first-order valence-electron chi connectivity index (χ1n) is 7.70. The van der Waals surface area contributed by atoms with Crippen LogP contribution in [0.25, 0.3) is 0 Å². The predicted octanol–water partition coefficient (Wildman–Crippen LogP) is 2.88. The maximum absolute atomic E-state index is 12.5. The monoisotopic (exact) mass is 352 g/mol. The van der Waals surface area contributed by atoms with Crippen LogP contribution in [0.1, 0.15) is 27.2 Å². The van der Waals surface area contributed by atoms with Crippen molar-refractivity contribution < 1.29 is 19.1 Å². The fourth-order valence-electron chi connectivity index (χ4n) is 2.51. The van der Waals surface area contributed by atoms with Gasteiger partial charge in [-0.1, -0.05) is 17.7 Å². The lowest BCUT2D eigenvalue weighted by molar-refractivity contribution is -0.123. The number of halogens is 1. The first-order valence-corrected chi connectivity index (χ1v) is 8.08. The molecule has 1 atom stereocenters. The van der Waals surface area contributed by atoms with Gasteiger partial charge in [0, 0.05) is 23.7 Å². The summed E-state index contributed by atoms with van der Waals surface area (Å²) in [6.45, 7) is 5.34. The van der Waals surface area contributed by atoms with Gasteiger partial charge in [0.15, 0.2) is 0 Å². The molecule has 0 radical (unpaired) electrons. The second kappa shape index (κ2) is 7.21. The lowest BCUT2D eigenvalue weighted by atomic mass is 10.1. The zero-order chi connectivity index (χ0) is 17.9. The van der Waals surface area contributed by atoms with Gasteiger partial charge < -0.3 is 14.4 Å². The Bertz CT molecular complexity index is 642. The summed E-state index contributed by atoms with van der Waals surface area (Å²) in [6, 6.07) is 6.48. The van der Waals surface area contributed by atoms with Crippen LogP contribution >= 0.6 is 11.6 Å². The third-order valence-electron chi connectivity index (χ3n) is 3.56. The number of hydrogen-bond donors (Lipinski definition) is 0. The minimum atomic E-state index is -0.671. The number of nitrogens with zero attached hydrogens (tertiary/aromatic N) is 2. The van der Waals surface area contributed by atoms with Crippen molar-refractivity contribution in [3.8, 4) is 0 Å². The first-order chi connectivity index (χ1) is 11.2. The molecule has 1 aromatic carbocycles. The molecule has 1 aliphatic heterocycles. The molecule has 24 heavy (non-hydrogen) atoms. The van der Waals surface area contributed by atoms with Crippen LogP contribution < -0.4 is 4.90 Å². The fourth-order valence-corrected chi connectivity index (χ4v) is 2.70. The molecule has 1 heterocycles. The number of benzene rings is 1. The second-order valence-electron chi connectivity index (χ2n) is 6.65. The van der Waals surface area contributed by atoms with Crippen molar-refractivity contribution in [3.05, 3.63) is 29.3 Å². The summed E-state index contributed by atoms with van der Waals surface area (Å²) < 4.78 is 5.34.